The molecule has 6 nitrogen and oxygen atoms in total. The first-order valence-corrected chi connectivity index (χ1v) is 45.8. The summed E-state index contributed by atoms with van der Waals surface area (Å²) in [6.07, 6.45) is 5.54. The van der Waals surface area contributed by atoms with Gasteiger partial charge in [0.1, 0.15) is 24.9 Å². The molecule has 12 heteroatoms. The molecule has 3 unspecified atom stereocenters. The molecule has 23 rings (SSSR count). The number of fused-ring (bicyclic) bond motifs is 9. The van der Waals surface area contributed by atoms with E-state index in [2.05, 4.69) is 487 Å². The molecule has 4 aromatic heterocycles. The number of hydrogen-bond acceptors (Lipinski definition) is 5. The largest absolute Gasteiger partial charge is 0.311 e. The Balaban J connectivity index is 0.000000130. The van der Waals surface area contributed by atoms with Crippen molar-refractivity contribution in [3.8, 4) is 83.7 Å². The number of anilines is 6. The van der Waals surface area contributed by atoms with Gasteiger partial charge in [-0.05, 0) is 216 Å². The maximum absolute atomic E-state index is 5.14. The van der Waals surface area contributed by atoms with Crippen LogP contribution in [0.25, 0.3) is 127 Å². The zero-order valence-corrected chi connectivity index (χ0v) is 80.0. The number of aromatic nitrogens is 4. The monoisotopic (exact) mass is 1930 g/mol. The number of benzene rings is 18. The second-order valence-electron chi connectivity index (χ2n) is 31.9. The molecule has 0 bridgehead atoms. The zero-order chi connectivity index (χ0) is 88.5. The summed E-state index contributed by atoms with van der Waals surface area (Å²) in [5.41, 5.74) is 33.7. The second kappa shape index (κ2) is 43.0. The van der Waals surface area contributed by atoms with Crippen molar-refractivity contribution >= 4 is 128 Å². The van der Waals surface area contributed by atoms with Crippen LogP contribution >= 0.6 is 17.7 Å². The number of rotatable bonds is 16. The van der Waals surface area contributed by atoms with E-state index in [0.717, 1.165) is 67.2 Å². The van der Waals surface area contributed by atoms with Gasteiger partial charge in [-0.1, -0.05) is 357 Å². The molecule has 133 heavy (non-hydrogen) atoms. The maximum Gasteiger partial charge on any atom is 0.146 e. The van der Waals surface area contributed by atoms with Gasteiger partial charge in [0.2, 0.25) is 0 Å². The third kappa shape index (κ3) is 19.6. The fourth-order valence-electron chi connectivity index (χ4n) is 17.9. The average Bonchev–Trinajstić information content (AvgIpc) is 1.54. The van der Waals surface area contributed by atoms with E-state index in [-0.39, 0.29) is 42.8 Å². The predicted octanol–water partition coefficient (Wildman–Crippen LogP) is 30.6. The van der Waals surface area contributed by atoms with Crippen molar-refractivity contribution in [3.05, 3.63) is 544 Å². The Morgan fingerprint density at radius 3 is 1.09 bits per heavy atom. The van der Waals surface area contributed by atoms with Gasteiger partial charge in [-0.3, -0.25) is 9.97 Å². The summed E-state index contributed by atoms with van der Waals surface area (Å²) in [6, 6.07) is 179. The van der Waals surface area contributed by atoms with E-state index in [1.54, 1.807) is 6.20 Å². The fourth-order valence-corrected chi connectivity index (χ4v) is 17.9. The Morgan fingerprint density at radius 1 is 0.293 bits per heavy atom. The van der Waals surface area contributed by atoms with Crippen LogP contribution in [-0.4, -0.2) is 57.6 Å². The zero-order valence-electron chi connectivity index (χ0n) is 73.4. The molecule has 6 radical (unpaired) electrons. The molecule has 4 heterocycles. The molecule has 0 amide bonds. The molecule has 0 saturated carbocycles. The third-order valence-electron chi connectivity index (χ3n) is 24.0. The topological polar surface area (TPSA) is 50.1 Å². The van der Waals surface area contributed by atoms with Gasteiger partial charge in [-0.15, -0.1) is 45.1 Å². The van der Waals surface area contributed by atoms with Crippen LogP contribution in [0.5, 0.6) is 0 Å². The summed E-state index contributed by atoms with van der Waals surface area (Å²) in [5, 5.41) is 4.89. The quantitative estimate of drug-likeness (QED) is 0.0418. The third-order valence-corrected chi connectivity index (χ3v) is 25.0. The van der Waals surface area contributed by atoms with Gasteiger partial charge < -0.3 is 19.4 Å². The van der Waals surface area contributed by atoms with Crippen LogP contribution in [0.1, 0.15) is 22.3 Å². The maximum atomic E-state index is 5.14. The Morgan fingerprint density at radius 2 is 0.647 bits per heavy atom. The number of hydrogen-bond donors (Lipinski definition) is 0. The molecule has 0 aliphatic heterocycles. The van der Waals surface area contributed by atoms with Crippen LogP contribution < -0.4 is 9.80 Å². The summed E-state index contributed by atoms with van der Waals surface area (Å²) >= 11 is 0. The van der Waals surface area contributed by atoms with E-state index in [9.17, 15) is 0 Å². The predicted molar refractivity (Wildman–Crippen MR) is 568 cm³/mol. The van der Waals surface area contributed by atoms with Crippen LogP contribution in [-0.2, 0) is 25.5 Å². The molecule has 0 spiro atoms. The SMILES string of the molecule is [AlH2].[B]PC([B])P.[Ir].[c-]1ccccc1-c1ccccn1.c1ccc(-c2ccc(N(c3ccccc3)c3ccc(-c4ccc5c(c4)c4ccccc4n5-c4ccccc4)cc3)cc2)cc1.c1ccc(-c2ccc(N(c3ccccc3)c3ccc(C4(c5ccccc5)c5ccccc5-c5ccccc54)cc3)cc2)cc1.c1ccc(-c2ccnc3c2ccc2c(-c4ccccc4)ccnc23)cc1. The van der Waals surface area contributed by atoms with Crippen molar-refractivity contribution in [1.29, 1.82) is 0 Å². The first kappa shape index (κ1) is 90.4. The molecule has 18 aromatic carbocycles. The van der Waals surface area contributed by atoms with Gasteiger partial charge in [0, 0.05) is 100 Å². The molecule has 0 saturated heterocycles. The van der Waals surface area contributed by atoms with Crippen molar-refractivity contribution < 1.29 is 20.1 Å². The molecular weight excluding hydrogens is 1840 g/mol. The van der Waals surface area contributed by atoms with Gasteiger partial charge in [-0.25, -0.2) is 0 Å². The molecule has 0 N–H and O–H groups in total. The van der Waals surface area contributed by atoms with E-state index >= 15 is 0 Å². The van der Waals surface area contributed by atoms with Crippen LogP contribution in [0.2, 0.25) is 0 Å². The van der Waals surface area contributed by atoms with E-state index in [1.165, 1.54) is 117 Å². The Labute approximate surface area is 809 Å². The van der Waals surface area contributed by atoms with E-state index in [1.807, 2.05) is 67.0 Å². The van der Waals surface area contributed by atoms with Crippen LogP contribution in [0, 0.1) is 6.07 Å². The van der Waals surface area contributed by atoms with Gasteiger partial charge in [0.05, 0.1) is 35.3 Å². The number of nitrogens with zero attached hydrogens (tertiary/aromatic N) is 6. The Hall–Kier alpha value is -14.5. The summed E-state index contributed by atoms with van der Waals surface area (Å²) in [5.74, 6) is 0. The Bertz CT molecular complexity index is 7360. The standard InChI is InChI=1S/C43H31N.C42H30N2.C24H16N2.C11H8N.CH4B2P2.Al.Ir.2H/c1-4-14-32(15-5-1)33-24-28-37(29-25-33)44(36-18-8-3-9-19-36)38-30-26-35(27-31-38)43(34-16-6-2-7-17-34)41-22-12-10-20-39(41)40-21-11-13-23-42(40)43;1-4-12-31(13-5-1)32-20-25-37(26-21-32)43(35-14-6-2-7-15-35)38-27-22-33(23-28-38)34-24-29-42-40(30-34)39-18-10-11-19-41(39)44(42)36-16-8-3-9-17-36;1-3-7-17(8-4-1)19-13-15-25-23-21(19)11-12-22-20(14-16-26-24(22)23)18-9-5-2-6-10-18;1-2-6-10(7-3-1)11-8-4-5-9-12-11;2-1(4)5-3;;;;/h1-31H;1-30H;1-16H;1-6,8-9H;1,5H,4H2;;;;/q;;;-1;;;;;. The smallest absolute Gasteiger partial charge is 0.146 e. The summed E-state index contributed by atoms with van der Waals surface area (Å²) < 4.78 is 2.36. The molecule has 3 atom stereocenters. The summed E-state index contributed by atoms with van der Waals surface area (Å²) in [7, 11) is 12.9. The molecule has 0 fully saturated rings. The summed E-state index contributed by atoms with van der Waals surface area (Å²) in [4.78, 5) is 18.2. The minimum atomic E-state index is -0.401. The molecule has 634 valence electrons. The van der Waals surface area contributed by atoms with Crippen molar-refractivity contribution in [2.75, 3.05) is 9.80 Å². The minimum Gasteiger partial charge on any atom is -0.311 e. The van der Waals surface area contributed by atoms with E-state index in [0.29, 0.717) is 8.46 Å². The van der Waals surface area contributed by atoms with Crippen LogP contribution in [0.3, 0.4) is 0 Å². The van der Waals surface area contributed by atoms with Gasteiger partial charge in [0.15, 0.2) is 0 Å². The Kier molecular flexibility index (Phi) is 29.3. The van der Waals surface area contributed by atoms with Crippen molar-refractivity contribution in [2.45, 2.75) is 10.7 Å². The van der Waals surface area contributed by atoms with Crippen molar-refractivity contribution in [3.63, 3.8) is 0 Å². The molecular formula is C121H91AlB2IrN6P2-. The minimum absolute atomic E-state index is 0. The van der Waals surface area contributed by atoms with Gasteiger partial charge >= 0.3 is 0 Å². The van der Waals surface area contributed by atoms with E-state index < -0.39 is 5.41 Å². The van der Waals surface area contributed by atoms with Crippen molar-refractivity contribution in [1.82, 2.24) is 19.5 Å². The van der Waals surface area contributed by atoms with Crippen LogP contribution in [0.4, 0.5) is 34.1 Å². The first-order valence-electron chi connectivity index (χ1n) is 44.0. The van der Waals surface area contributed by atoms with Gasteiger partial charge in [-0.2, -0.15) is 8.46 Å². The van der Waals surface area contributed by atoms with Crippen LogP contribution in [0.15, 0.2) is 516 Å². The average molecular weight is 1930 g/mol. The normalized spacial score (nSPS) is 11.6. The fraction of sp³-hybridized carbons (Fsp3) is 0.0165. The van der Waals surface area contributed by atoms with Gasteiger partial charge in [0.25, 0.3) is 0 Å². The van der Waals surface area contributed by atoms with E-state index in [4.69, 9.17) is 15.4 Å². The number of para-hydroxylation sites is 4. The molecule has 22 aromatic rings. The van der Waals surface area contributed by atoms with Crippen molar-refractivity contribution in [2.24, 2.45) is 0 Å². The molecule has 1 aliphatic carbocycles. The second-order valence-corrected chi connectivity index (χ2v) is 34.3. The number of pyridine rings is 3. The molecule has 1 aliphatic rings. The first-order chi connectivity index (χ1) is 64.8. The summed E-state index contributed by atoms with van der Waals surface area (Å²) in [6.45, 7) is 0.